The van der Waals surface area contributed by atoms with E-state index in [1.807, 2.05) is 24.3 Å². The Bertz CT molecular complexity index is 1190. The summed E-state index contributed by atoms with van der Waals surface area (Å²) in [7, 11) is 0. The maximum absolute atomic E-state index is 6.10. The highest BCUT2D eigenvalue weighted by Crippen LogP contribution is 2.32. The maximum atomic E-state index is 6.10. The minimum absolute atomic E-state index is 0.113. The number of hydrogen-bond acceptors (Lipinski definition) is 4. The zero-order chi connectivity index (χ0) is 23.7. The first-order valence-corrected chi connectivity index (χ1v) is 12.5. The smallest absolute Gasteiger partial charge is 0.157 e. The molecule has 0 spiro atoms. The highest BCUT2D eigenvalue weighted by atomic mass is 16.7. The molecule has 0 aromatic heterocycles. The molecule has 35 heavy (non-hydrogen) atoms. The number of nitrogens with one attached hydrogen (secondary N) is 1. The van der Waals surface area contributed by atoms with Gasteiger partial charge in [0.25, 0.3) is 0 Å². The van der Waals surface area contributed by atoms with Crippen molar-refractivity contribution in [3.63, 3.8) is 0 Å². The van der Waals surface area contributed by atoms with Crippen LogP contribution >= 0.6 is 0 Å². The van der Waals surface area contributed by atoms with E-state index in [1.54, 1.807) is 0 Å². The first-order valence-electron chi connectivity index (χ1n) is 12.5. The third kappa shape index (κ3) is 6.49. The molecule has 4 nitrogen and oxygen atoms in total. The maximum Gasteiger partial charge on any atom is 0.157 e. The van der Waals surface area contributed by atoms with Crippen LogP contribution in [0, 0.1) is 0 Å². The van der Waals surface area contributed by atoms with E-state index in [2.05, 4.69) is 78.1 Å². The SMILES string of the molecule is c1ccc(CNCCCC2OCC(c3cccc4cc(OCc5ccccc5)ccc34)CO2)cc1. The van der Waals surface area contributed by atoms with Crippen molar-refractivity contribution in [3.8, 4) is 5.75 Å². The molecule has 0 saturated carbocycles. The molecule has 1 heterocycles. The van der Waals surface area contributed by atoms with Gasteiger partial charge in [0, 0.05) is 12.5 Å². The van der Waals surface area contributed by atoms with E-state index in [-0.39, 0.29) is 12.2 Å². The average molecular weight is 468 g/mol. The lowest BCUT2D eigenvalue weighted by atomic mass is 9.94. The normalized spacial score (nSPS) is 17.9. The Kier molecular flexibility index (Phi) is 8.07. The Balaban J connectivity index is 1.10. The van der Waals surface area contributed by atoms with Crippen LogP contribution in [-0.4, -0.2) is 26.0 Å². The molecule has 0 atom stereocenters. The Morgan fingerprint density at radius 3 is 2.29 bits per heavy atom. The largest absolute Gasteiger partial charge is 0.489 e. The predicted octanol–water partition coefficient (Wildman–Crippen LogP) is 6.45. The van der Waals surface area contributed by atoms with E-state index in [1.165, 1.54) is 27.5 Å². The van der Waals surface area contributed by atoms with Crippen LogP contribution in [0.1, 0.15) is 35.4 Å². The molecule has 0 bridgehead atoms. The highest BCUT2D eigenvalue weighted by molar-refractivity contribution is 5.87. The van der Waals surface area contributed by atoms with Gasteiger partial charge in [0.15, 0.2) is 6.29 Å². The van der Waals surface area contributed by atoms with Crippen LogP contribution in [0.2, 0.25) is 0 Å². The molecule has 1 fully saturated rings. The first-order chi connectivity index (χ1) is 17.3. The van der Waals surface area contributed by atoms with Gasteiger partial charge in [-0.05, 0) is 59.0 Å². The van der Waals surface area contributed by atoms with Gasteiger partial charge in [0.2, 0.25) is 0 Å². The van der Waals surface area contributed by atoms with Crippen LogP contribution in [0.4, 0.5) is 0 Å². The van der Waals surface area contributed by atoms with Gasteiger partial charge in [-0.2, -0.15) is 0 Å². The first kappa shape index (κ1) is 23.6. The second kappa shape index (κ2) is 12.0. The molecule has 1 aliphatic rings. The van der Waals surface area contributed by atoms with Crippen molar-refractivity contribution in [2.75, 3.05) is 19.8 Å². The molecule has 4 heteroatoms. The van der Waals surface area contributed by atoms with Gasteiger partial charge in [0.1, 0.15) is 12.4 Å². The summed E-state index contributed by atoms with van der Waals surface area (Å²) in [5.74, 6) is 1.12. The van der Waals surface area contributed by atoms with Gasteiger partial charge < -0.3 is 19.5 Å². The summed E-state index contributed by atoms with van der Waals surface area (Å²) in [5, 5.41) is 5.91. The number of hydrogen-bond donors (Lipinski definition) is 1. The second-order valence-electron chi connectivity index (χ2n) is 9.10. The summed E-state index contributed by atoms with van der Waals surface area (Å²) in [4.78, 5) is 0. The van der Waals surface area contributed by atoms with Crippen molar-refractivity contribution < 1.29 is 14.2 Å². The van der Waals surface area contributed by atoms with E-state index in [4.69, 9.17) is 14.2 Å². The fraction of sp³-hybridized carbons (Fsp3) is 0.290. The van der Waals surface area contributed by atoms with E-state index in [0.717, 1.165) is 31.7 Å². The molecule has 4 aromatic carbocycles. The summed E-state index contributed by atoms with van der Waals surface area (Å²) in [6.45, 7) is 3.80. The van der Waals surface area contributed by atoms with E-state index >= 15 is 0 Å². The summed E-state index contributed by atoms with van der Waals surface area (Å²) in [6.07, 6.45) is 1.83. The molecule has 180 valence electrons. The monoisotopic (exact) mass is 467 g/mol. The van der Waals surface area contributed by atoms with Gasteiger partial charge in [-0.25, -0.2) is 0 Å². The Morgan fingerprint density at radius 1 is 0.771 bits per heavy atom. The highest BCUT2D eigenvalue weighted by Gasteiger charge is 2.24. The molecular weight excluding hydrogens is 434 g/mol. The molecule has 5 rings (SSSR count). The van der Waals surface area contributed by atoms with Gasteiger partial charge in [-0.3, -0.25) is 0 Å². The van der Waals surface area contributed by atoms with Gasteiger partial charge in [0.05, 0.1) is 13.2 Å². The summed E-state index contributed by atoms with van der Waals surface area (Å²) < 4.78 is 18.2. The molecule has 0 unspecified atom stereocenters. The predicted molar refractivity (Wildman–Crippen MR) is 141 cm³/mol. The van der Waals surface area contributed by atoms with Crippen LogP contribution in [0.25, 0.3) is 10.8 Å². The average Bonchev–Trinajstić information content (AvgIpc) is 2.93. The van der Waals surface area contributed by atoms with Crippen LogP contribution in [-0.2, 0) is 22.6 Å². The van der Waals surface area contributed by atoms with Gasteiger partial charge >= 0.3 is 0 Å². The number of fused-ring (bicyclic) bond motifs is 1. The standard InChI is InChI=1S/C31H33NO3/c1-3-9-24(10-4-1)20-32-18-8-15-31-34-22-27(23-35-31)29-14-7-13-26-19-28(16-17-30(26)29)33-21-25-11-5-2-6-12-25/h1-7,9-14,16-17,19,27,31-32H,8,15,18,20-23H2. The van der Waals surface area contributed by atoms with Crippen molar-refractivity contribution in [1.29, 1.82) is 0 Å². The molecule has 1 saturated heterocycles. The lowest BCUT2D eigenvalue weighted by molar-refractivity contribution is -0.189. The number of benzene rings is 4. The Hall–Kier alpha value is -3.18. The second-order valence-corrected chi connectivity index (χ2v) is 9.10. The fourth-order valence-electron chi connectivity index (χ4n) is 4.59. The zero-order valence-corrected chi connectivity index (χ0v) is 20.1. The number of ether oxygens (including phenoxy) is 3. The van der Waals surface area contributed by atoms with Crippen LogP contribution in [0.15, 0.2) is 97.1 Å². The zero-order valence-electron chi connectivity index (χ0n) is 20.1. The third-order valence-electron chi connectivity index (χ3n) is 6.51. The molecule has 0 aliphatic carbocycles. The number of rotatable bonds is 10. The van der Waals surface area contributed by atoms with Crippen molar-refractivity contribution in [2.45, 2.75) is 38.2 Å². The quantitative estimate of drug-likeness (QED) is 0.272. The molecule has 0 radical (unpaired) electrons. The van der Waals surface area contributed by atoms with Gasteiger partial charge in [-0.1, -0.05) is 84.9 Å². The Labute approximate surface area is 207 Å². The molecule has 4 aromatic rings. The molecule has 1 N–H and O–H groups in total. The minimum atomic E-state index is -0.113. The van der Waals surface area contributed by atoms with Crippen molar-refractivity contribution in [1.82, 2.24) is 5.32 Å². The minimum Gasteiger partial charge on any atom is -0.489 e. The van der Waals surface area contributed by atoms with E-state index in [9.17, 15) is 0 Å². The summed E-state index contributed by atoms with van der Waals surface area (Å²) in [5.41, 5.74) is 3.75. The van der Waals surface area contributed by atoms with Crippen LogP contribution < -0.4 is 10.1 Å². The fourth-order valence-corrected chi connectivity index (χ4v) is 4.59. The van der Waals surface area contributed by atoms with E-state index < -0.39 is 0 Å². The third-order valence-corrected chi connectivity index (χ3v) is 6.51. The van der Waals surface area contributed by atoms with Crippen molar-refractivity contribution in [2.24, 2.45) is 0 Å². The molecule has 0 amide bonds. The van der Waals surface area contributed by atoms with Crippen LogP contribution in [0.5, 0.6) is 5.75 Å². The Morgan fingerprint density at radius 2 is 1.51 bits per heavy atom. The van der Waals surface area contributed by atoms with Crippen molar-refractivity contribution >= 4 is 10.8 Å². The summed E-state index contributed by atoms with van der Waals surface area (Å²) in [6, 6.07) is 33.5. The van der Waals surface area contributed by atoms with E-state index in [0.29, 0.717) is 19.8 Å². The molecule has 1 aliphatic heterocycles. The lowest BCUT2D eigenvalue weighted by Crippen LogP contribution is -2.31. The van der Waals surface area contributed by atoms with Gasteiger partial charge in [-0.15, -0.1) is 0 Å². The van der Waals surface area contributed by atoms with Crippen molar-refractivity contribution in [3.05, 3.63) is 114 Å². The van der Waals surface area contributed by atoms with Crippen LogP contribution in [0.3, 0.4) is 0 Å². The molecular formula is C31H33NO3. The summed E-state index contributed by atoms with van der Waals surface area (Å²) >= 11 is 0. The topological polar surface area (TPSA) is 39.7 Å². The lowest BCUT2D eigenvalue weighted by Gasteiger charge is -2.30.